The Bertz CT molecular complexity index is 1170. The third kappa shape index (κ3) is 5.00. The SMILES string of the molecule is Cc1c([S+](C)[O-])cc(C(C)(C)C)c(O)c1C(=O)Nc1ccc(S(=O)(=O)C(F)(F)F)cc1Cl. The Morgan fingerprint density at radius 2 is 1.75 bits per heavy atom. The van der Waals surface area contributed by atoms with Crippen molar-refractivity contribution >= 4 is 44.2 Å². The fourth-order valence-corrected chi connectivity index (χ4v) is 4.87. The summed E-state index contributed by atoms with van der Waals surface area (Å²) in [5.41, 5.74) is -5.84. The fourth-order valence-electron chi connectivity index (χ4n) is 2.97. The summed E-state index contributed by atoms with van der Waals surface area (Å²) in [6, 6.07) is 3.71. The van der Waals surface area contributed by atoms with Gasteiger partial charge in [-0.15, -0.1) is 0 Å². The zero-order valence-corrected chi connectivity index (χ0v) is 20.1. The summed E-state index contributed by atoms with van der Waals surface area (Å²) in [7, 11) is -5.62. The van der Waals surface area contributed by atoms with E-state index in [4.69, 9.17) is 11.6 Å². The molecule has 2 rings (SSSR count). The zero-order chi connectivity index (χ0) is 24.8. The number of carbonyl (C=O) groups excluding carboxylic acids is 1. The van der Waals surface area contributed by atoms with E-state index in [2.05, 4.69) is 5.32 Å². The number of nitrogens with one attached hydrogen (secondary N) is 1. The Balaban J connectivity index is 2.55. The lowest BCUT2D eigenvalue weighted by Crippen LogP contribution is -2.23. The average molecular weight is 512 g/mol. The molecule has 12 heteroatoms. The van der Waals surface area contributed by atoms with Crippen molar-refractivity contribution < 1.29 is 36.0 Å². The number of hydrogen-bond donors (Lipinski definition) is 2. The second-order valence-electron chi connectivity index (χ2n) is 8.02. The molecule has 0 aliphatic heterocycles. The maximum atomic E-state index is 13.0. The van der Waals surface area contributed by atoms with Crippen LogP contribution in [0.5, 0.6) is 5.75 Å². The van der Waals surface area contributed by atoms with E-state index in [9.17, 15) is 36.0 Å². The Morgan fingerprint density at radius 3 is 2.19 bits per heavy atom. The second-order valence-corrected chi connectivity index (χ2v) is 11.7. The van der Waals surface area contributed by atoms with E-state index < -0.39 is 47.8 Å². The van der Waals surface area contributed by atoms with Crippen LogP contribution in [-0.2, 0) is 26.4 Å². The Kier molecular flexibility index (Phi) is 7.21. The number of carbonyl (C=O) groups is 1. The molecule has 0 fully saturated rings. The molecule has 1 atom stereocenters. The highest BCUT2D eigenvalue weighted by Crippen LogP contribution is 2.39. The lowest BCUT2D eigenvalue weighted by molar-refractivity contribution is -0.0436. The summed E-state index contributed by atoms with van der Waals surface area (Å²) in [6.07, 6.45) is 1.42. The van der Waals surface area contributed by atoms with Crippen LogP contribution in [0.2, 0.25) is 5.02 Å². The molecule has 1 unspecified atom stereocenters. The van der Waals surface area contributed by atoms with Crippen molar-refractivity contribution in [3.8, 4) is 5.75 Å². The molecule has 2 aromatic carbocycles. The van der Waals surface area contributed by atoms with E-state index in [0.717, 1.165) is 6.07 Å². The van der Waals surface area contributed by atoms with Crippen molar-refractivity contribution in [2.45, 2.75) is 48.4 Å². The smallest absolute Gasteiger partial charge is 0.501 e. The van der Waals surface area contributed by atoms with Crippen molar-refractivity contribution in [2.24, 2.45) is 0 Å². The van der Waals surface area contributed by atoms with Crippen molar-refractivity contribution in [3.63, 3.8) is 0 Å². The summed E-state index contributed by atoms with van der Waals surface area (Å²) in [5.74, 6) is -1.19. The molecule has 6 nitrogen and oxygen atoms in total. The van der Waals surface area contributed by atoms with Crippen LogP contribution in [0.4, 0.5) is 18.9 Å². The molecule has 0 spiro atoms. The maximum Gasteiger partial charge on any atom is 0.501 e. The van der Waals surface area contributed by atoms with Crippen LogP contribution in [0.3, 0.4) is 0 Å². The first kappa shape index (κ1) is 26.3. The molecule has 0 aliphatic carbocycles. The Hall–Kier alpha value is -1.95. The summed E-state index contributed by atoms with van der Waals surface area (Å²) in [6.45, 7) is 6.87. The van der Waals surface area contributed by atoms with Gasteiger partial charge >= 0.3 is 5.51 Å². The molecule has 0 aliphatic rings. The minimum Gasteiger partial charge on any atom is -0.612 e. The Labute approximate surface area is 191 Å². The van der Waals surface area contributed by atoms with Crippen molar-refractivity contribution in [3.05, 3.63) is 46.0 Å². The van der Waals surface area contributed by atoms with Gasteiger partial charge in [-0.1, -0.05) is 32.4 Å². The molecular formula is C20H21ClF3NO5S2. The van der Waals surface area contributed by atoms with Gasteiger partial charge in [-0.05, 0) is 41.7 Å². The molecular weight excluding hydrogens is 491 g/mol. The highest BCUT2D eigenvalue weighted by atomic mass is 35.5. The molecule has 0 heterocycles. The molecule has 32 heavy (non-hydrogen) atoms. The van der Waals surface area contributed by atoms with Crippen molar-refractivity contribution in [1.29, 1.82) is 0 Å². The quantitative estimate of drug-likeness (QED) is 0.566. The molecule has 0 radical (unpaired) electrons. The first-order valence-corrected chi connectivity index (χ1v) is 12.4. The normalized spacial score (nSPS) is 13.7. The van der Waals surface area contributed by atoms with Crippen LogP contribution in [0.25, 0.3) is 0 Å². The van der Waals surface area contributed by atoms with Crippen LogP contribution in [0.1, 0.15) is 42.3 Å². The predicted octanol–water partition coefficient (Wildman–Crippen LogP) is 4.93. The number of halogens is 4. The van der Waals surface area contributed by atoms with Gasteiger partial charge in [0.05, 0.1) is 21.2 Å². The van der Waals surface area contributed by atoms with Gasteiger partial charge in [0.2, 0.25) is 0 Å². The van der Waals surface area contributed by atoms with Gasteiger partial charge in [-0.3, -0.25) is 4.79 Å². The molecule has 2 aromatic rings. The summed E-state index contributed by atoms with van der Waals surface area (Å²) >= 11 is 4.44. The third-order valence-electron chi connectivity index (χ3n) is 4.66. The number of phenols is 1. The number of benzene rings is 2. The number of hydrogen-bond acceptors (Lipinski definition) is 5. The number of phenolic OH excluding ortho intramolecular Hbond substituents is 1. The van der Waals surface area contributed by atoms with Gasteiger partial charge < -0.3 is 15.0 Å². The van der Waals surface area contributed by atoms with Gasteiger partial charge in [0.15, 0.2) is 4.90 Å². The van der Waals surface area contributed by atoms with Crippen LogP contribution in [-0.4, -0.2) is 35.7 Å². The summed E-state index contributed by atoms with van der Waals surface area (Å²) in [4.78, 5) is 12.2. The Morgan fingerprint density at radius 1 is 1.19 bits per heavy atom. The van der Waals surface area contributed by atoms with Crippen molar-refractivity contribution in [1.82, 2.24) is 0 Å². The maximum absolute atomic E-state index is 13.0. The van der Waals surface area contributed by atoms with E-state index in [1.165, 1.54) is 13.2 Å². The van der Waals surface area contributed by atoms with E-state index >= 15 is 0 Å². The second kappa shape index (κ2) is 8.77. The lowest BCUT2D eigenvalue weighted by atomic mass is 9.84. The van der Waals surface area contributed by atoms with E-state index in [1.807, 2.05) is 0 Å². The van der Waals surface area contributed by atoms with Crippen molar-refractivity contribution in [2.75, 3.05) is 11.6 Å². The molecule has 0 saturated heterocycles. The van der Waals surface area contributed by atoms with Crippen LogP contribution in [0, 0.1) is 6.92 Å². The molecule has 0 bridgehead atoms. The predicted molar refractivity (Wildman–Crippen MR) is 117 cm³/mol. The van der Waals surface area contributed by atoms with Gasteiger partial charge in [-0.25, -0.2) is 8.42 Å². The highest BCUT2D eigenvalue weighted by Gasteiger charge is 2.47. The highest BCUT2D eigenvalue weighted by molar-refractivity contribution is 7.92. The summed E-state index contributed by atoms with van der Waals surface area (Å²) < 4.78 is 73.6. The largest absolute Gasteiger partial charge is 0.612 e. The van der Waals surface area contributed by atoms with Gasteiger partial charge in [0.25, 0.3) is 15.7 Å². The van der Waals surface area contributed by atoms with E-state index in [1.54, 1.807) is 26.8 Å². The molecule has 0 aromatic heterocycles. The number of rotatable bonds is 4. The zero-order valence-electron chi connectivity index (χ0n) is 17.7. The first-order chi connectivity index (χ1) is 14.4. The minimum atomic E-state index is -5.62. The monoisotopic (exact) mass is 511 g/mol. The molecule has 176 valence electrons. The third-order valence-corrected chi connectivity index (χ3v) is 7.50. The average Bonchev–Trinajstić information content (AvgIpc) is 2.61. The lowest BCUT2D eigenvalue weighted by Gasteiger charge is -2.24. The van der Waals surface area contributed by atoms with Gasteiger partial charge in [-0.2, -0.15) is 13.2 Å². The fraction of sp³-hybridized carbons (Fsp3) is 0.350. The number of aromatic hydroxyl groups is 1. The number of sulfone groups is 1. The standard InChI is InChI=1S/C20H21ClF3NO5S2/c1-10-15(31(5)28)9-12(19(2,3)4)17(26)16(10)18(27)25-14-7-6-11(8-13(14)21)32(29,30)20(22,23)24/h6-9,26H,1-5H3,(H,25,27). The van der Waals surface area contributed by atoms with Crippen LogP contribution in [0.15, 0.2) is 34.1 Å². The summed E-state index contributed by atoms with van der Waals surface area (Å²) in [5, 5.41) is 12.7. The van der Waals surface area contributed by atoms with Gasteiger partial charge in [0, 0.05) is 17.2 Å². The first-order valence-electron chi connectivity index (χ1n) is 9.02. The molecule has 2 N–H and O–H groups in total. The van der Waals surface area contributed by atoms with E-state index in [0.29, 0.717) is 22.6 Å². The minimum absolute atomic E-state index is 0.170. The topological polar surface area (TPSA) is 107 Å². The van der Waals surface area contributed by atoms with E-state index in [-0.39, 0.29) is 22.6 Å². The van der Waals surface area contributed by atoms with Gasteiger partial charge in [0.1, 0.15) is 12.0 Å². The number of amides is 1. The van der Waals surface area contributed by atoms with Crippen LogP contribution < -0.4 is 5.32 Å². The number of alkyl halides is 3. The van der Waals surface area contributed by atoms with Crippen LogP contribution >= 0.6 is 11.6 Å². The number of anilines is 1. The molecule has 1 amide bonds. The molecule has 0 saturated carbocycles.